The largest absolute Gasteiger partial charge is 0.508 e. The van der Waals surface area contributed by atoms with E-state index in [1.165, 1.54) is 0 Å². The number of hydrogen-bond donors (Lipinski definition) is 1. The van der Waals surface area contributed by atoms with Gasteiger partial charge < -0.3 is 9.63 Å². The van der Waals surface area contributed by atoms with Gasteiger partial charge in [-0.3, -0.25) is 0 Å². The van der Waals surface area contributed by atoms with Crippen molar-refractivity contribution in [3.63, 3.8) is 0 Å². The molecule has 0 aliphatic heterocycles. The zero-order valence-electron chi connectivity index (χ0n) is 8.72. The molecule has 0 amide bonds. The van der Waals surface area contributed by atoms with Crippen molar-refractivity contribution in [1.82, 2.24) is 5.16 Å². The summed E-state index contributed by atoms with van der Waals surface area (Å²) in [5, 5.41) is 14.8. The summed E-state index contributed by atoms with van der Waals surface area (Å²) in [5.74, 6) is 0.799. The van der Waals surface area contributed by atoms with Crippen molar-refractivity contribution in [2.45, 2.75) is 0 Å². The first-order valence-corrected chi connectivity index (χ1v) is 5.47. The Labute approximate surface area is 102 Å². The highest BCUT2D eigenvalue weighted by atomic mass is 35.5. The average molecular weight is 246 g/mol. The van der Waals surface area contributed by atoms with Gasteiger partial charge in [-0.25, -0.2) is 0 Å². The van der Waals surface area contributed by atoms with Crippen molar-refractivity contribution in [2.75, 3.05) is 0 Å². The van der Waals surface area contributed by atoms with Crippen LogP contribution in [0, 0.1) is 0 Å². The Kier molecular flexibility index (Phi) is 2.27. The second kappa shape index (κ2) is 3.79. The molecule has 0 saturated carbocycles. The molecule has 3 rings (SSSR count). The maximum Gasteiger partial charge on any atom is 0.174 e. The molecule has 0 spiro atoms. The number of phenolic OH excluding ortho intramolecular Hbond substituents is 1. The molecular formula is C13H8ClNO2. The second-order valence-corrected chi connectivity index (χ2v) is 4.11. The fourth-order valence-corrected chi connectivity index (χ4v) is 2.00. The van der Waals surface area contributed by atoms with E-state index in [1.54, 1.807) is 24.3 Å². The lowest BCUT2D eigenvalue weighted by Crippen LogP contribution is -1.75. The third kappa shape index (κ3) is 1.65. The van der Waals surface area contributed by atoms with Crippen LogP contribution in [0.4, 0.5) is 0 Å². The fraction of sp³-hybridized carbons (Fsp3) is 0. The molecule has 1 heterocycles. The van der Waals surface area contributed by atoms with Gasteiger partial charge in [0.15, 0.2) is 5.76 Å². The van der Waals surface area contributed by atoms with E-state index >= 15 is 0 Å². The molecule has 0 aliphatic carbocycles. The summed E-state index contributed by atoms with van der Waals surface area (Å²) < 4.78 is 5.29. The molecule has 84 valence electrons. The van der Waals surface area contributed by atoms with Crippen molar-refractivity contribution in [1.29, 1.82) is 0 Å². The van der Waals surface area contributed by atoms with Crippen LogP contribution in [-0.4, -0.2) is 10.3 Å². The molecule has 0 unspecified atom stereocenters. The minimum atomic E-state index is 0.189. The van der Waals surface area contributed by atoms with Crippen molar-refractivity contribution < 1.29 is 9.63 Å². The third-order valence-electron chi connectivity index (χ3n) is 2.57. The molecule has 3 aromatic rings. The van der Waals surface area contributed by atoms with Crippen LogP contribution in [0.2, 0.25) is 5.02 Å². The van der Waals surface area contributed by atoms with E-state index in [0.29, 0.717) is 16.3 Å². The van der Waals surface area contributed by atoms with E-state index in [4.69, 9.17) is 16.1 Å². The first-order chi connectivity index (χ1) is 8.25. The van der Waals surface area contributed by atoms with Crippen LogP contribution in [0.1, 0.15) is 0 Å². The van der Waals surface area contributed by atoms with Crippen LogP contribution in [0.5, 0.6) is 5.75 Å². The molecule has 2 aromatic carbocycles. The second-order valence-electron chi connectivity index (χ2n) is 3.70. The maximum atomic E-state index is 9.45. The molecule has 1 N–H and O–H groups in total. The molecule has 3 nitrogen and oxygen atoms in total. The van der Waals surface area contributed by atoms with Gasteiger partial charge in [-0.05, 0) is 24.3 Å². The van der Waals surface area contributed by atoms with Crippen LogP contribution in [0.25, 0.3) is 22.2 Å². The first kappa shape index (κ1) is 10.2. The predicted molar refractivity (Wildman–Crippen MR) is 66.1 cm³/mol. The van der Waals surface area contributed by atoms with Crippen LogP contribution in [-0.2, 0) is 0 Å². The van der Waals surface area contributed by atoms with E-state index < -0.39 is 0 Å². The number of halogens is 1. The lowest BCUT2D eigenvalue weighted by molar-refractivity contribution is 0.440. The average Bonchev–Trinajstić information content (AvgIpc) is 2.74. The zero-order chi connectivity index (χ0) is 11.8. The fourth-order valence-electron chi connectivity index (χ4n) is 1.79. The molecule has 4 heteroatoms. The molecule has 1 aromatic heterocycles. The van der Waals surface area contributed by atoms with Crippen LogP contribution in [0.15, 0.2) is 47.0 Å². The number of aromatic nitrogens is 1. The van der Waals surface area contributed by atoms with Gasteiger partial charge in [-0.2, -0.15) is 0 Å². The Morgan fingerprint density at radius 3 is 2.76 bits per heavy atom. The van der Waals surface area contributed by atoms with Crippen molar-refractivity contribution >= 4 is 22.5 Å². The Hall–Kier alpha value is -2.00. The van der Waals surface area contributed by atoms with E-state index in [9.17, 15) is 5.11 Å². The van der Waals surface area contributed by atoms with E-state index in [-0.39, 0.29) is 5.75 Å². The van der Waals surface area contributed by atoms with E-state index in [0.717, 1.165) is 10.9 Å². The molecule has 0 saturated heterocycles. The normalized spacial score (nSPS) is 10.9. The number of fused-ring (bicyclic) bond motifs is 1. The Morgan fingerprint density at radius 2 is 1.94 bits per heavy atom. The maximum absolute atomic E-state index is 9.45. The van der Waals surface area contributed by atoms with Gasteiger partial charge >= 0.3 is 0 Å². The highest BCUT2D eigenvalue weighted by Gasteiger charge is 2.12. The Morgan fingerprint density at radius 1 is 1.12 bits per heavy atom. The molecule has 0 radical (unpaired) electrons. The van der Waals surface area contributed by atoms with Crippen molar-refractivity contribution in [2.24, 2.45) is 0 Å². The molecule has 0 bridgehead atoms. The molecule has 0 aliphatic rings. The number of aromatic hydroxyl groups is 1. The highest BCUT2D eigenvalue weighted by Crippen LogP contribution is 2.33. The number of phenols is 1. The summed E-state index contributed by atoms with van der Waals surface area (Å²) in [7, 11) is 0. The minimum absolute atomic E-state index is 0.189. The number of nitrogens with zero attached hydrogens (tertiary/aromatic N) is 1. The van der Waals surface area contributed by atoms with Gasteiger partial charge in [0.2, 0.25) is 0 Å². The summed E-state index contributed by atoms with van der Waals surface area (Å²) in [6, 6.07) is 12.3. The van der Waals surface area contributed by atoms with Gasteiger partial charge in [0, 0.05) is 5.56 Å². The van der Waals surface area contributed by atoms with Gasteiger partial charge in [-0.15, -0.1) is 0 Å². The topological polar surface area (TPSA) is 46.3 Å². The zero-order valence-corrected chi connectivity index (χ0v) is 9.48. The quantitative estimate of drug-likeness (QED) is 0.708. The lowest BCUT2D eigenvalue weighted by atomic mass is 10.1. The van der Waals surface area contributed by atoms with Gasteiger partial charge in [0.05, 0.1) is 10.4 Å². The van der Waals surface area contributed by atoms with Gasteiger partial charge in [0.1, 0.15) is 11.3 Å². The van der Waals surface area contributed by atoms with Crippen molar-refractivity contribution in [3.8, 4) is 17.1 Å². The molecule has 0 atom stereocenters. The molecule has 0 fully saturated rings. The third-order valence-corrected chi connectivity index (χ3v) is 2.87. The SMILES string of the molecule is Oc1cccc(-c2onc3c(Cl)cccc23)c1. The molecular weight excluding hydrogens is 238 g/mol. The Bertz CT molecular complexity index is 691. The summed E-state index contributed by atoms with van der Waals surface area (Å²) in [4.78, 5) is 0. The number of rotatable bonds is 1. The standard InChI is InChI=1S/C13H8ClNO2/c14-11-6-2-5-10-12(11)15-17-13(10)8-3-1-4-9(16)7-8/h1-7,16H. The lowest BCUT2D eigenvalue weighted by Gasteiger charge is -1.97. The summed E-state index contributed by atoms with van der Waals surface area (Å²) in [6.45, 7) is 0. The van der Waals surface area contributed by atoms with Crippen LogP contribution < -0.4 is 0 Å². The van der Waals surface area contributed by atoms with E-state index in [2.05, 4.69) is 5.16 Å². The van der Waals surface area contributed by atoms with Gasteiger partial charge in [-0.1, -0.05) is 35.0 Å². The summed E-state index contributed by atoms with van der Waals surface area (Å²) in [6.07, 6.45) is 0. The van der Waals surface area contributed by atoms with Crippen LogP contribution >= 0.6 is 11.6 Å². The van der Waals surface area contributed by atoms with E-state index in [1.807, 2.05) is 18.2 Å². The van der Waals surface area contributed by atoms with Crippen molar-refractivity contribution in [3.05, 3.63) is 47.5 Å². The van der Waals surface area contributed by atoms with Gasteiger partial charge in [0.25, 0.3) is 0 Å². The first-order valence-electron chi connectivity index (χ1n) is 5.09. The Balaban J connectivity index is 2.28. The monoisotopic (exact) mass is 245 g/mol. The predicted octanol–water partition coefficient (Wildman–Crippen LogP) is 3.85. The highest BCUT2D eigenvalue weighted by molar-refractivity contribution is 6.35. The summed E-state index contributed by atoms with van der Waals surface area (Å²) in [5.41, 5.74) is 1.40. The minimum Gasteiger partial charge on any atom is -0.508 e. The summed E-state index contributed by atoms with van der Waals surface area (Å²) >= 11 is 6.02. The van der Waals surface area contributed by atoms with Crippen LogP contribution in [0.3, 0.4) is 0 Å². The molecule has 17 heavy (non-hydrogen) atoms. The number of benzene rings is 2. The number of hydrogen-bond acceptors (Lipinski definition) is 3. The smallest absolute Gasteiger partial charge is 0.174 e.